The number of nitro groups is 1. The fraction of sp³-hybridized carbons (Fsp3) is 0.176. The van der Waals surface area contributed by atoms with Crippen LogP contribution in [0.1, 0.15) is 11.1 Å². The molecule has 0 aliphatic carbocycles. The number of nitro benzene ring substituents is 1. The summed E-state index contributed by atoms with van der Waals surface area (Å²) >= 11 is 1.46. The van der Waals surface area contributed by atoms with E-state index in [1.807, 2.05) is 24.3 Å². The van der Waals surface area contributed by atoms with Crippen LogP contribution < -0.4 is 10.2 Å². The van der Waals surface area contributed by atoms with Crippen molar-refractivity contribution in [2.24, 2.45) is 5.10 Å². The van der Waals surface area contributed by atoms with Gasteiger partial charge in [-0.2, -0.15) is 5.10 Å². The number of hydrogen-bond donors (Lipinski definition) is 1. The second kappa shape index (κ2) is 9.43. The zero-order chi connectivity index (χ0) is 18.1. The number of non-ortho nitro benzene ring substituents is 1. The molecule has 2 aromatic rings. The molecule has 0 aliphatic rings. The van der Waals surface area contributed by atoms with Crippen LogP contribution in [-0.2, 0) is 10.5 Å². The van der Waals surface area contributed by atoms with E-state index < -0.39 is 4.92 Å². The third kappa shape index (κ3) is 6.27. The molecule has 0 radical (unpaired) electrons. The smallest absolute Gasteiger partial charge is 0.270 e. The number of nitrogens with zero attached hydrogens (tertiary/aromatic N) is 2. The molecule has 0 unspecified atom stereocenters. The molecular weight excluding hydrogens is 342 g/mol. The molecule has 1 amide bonds. The molecule has 0 aromatic heterocycles. The maximum Gasteiger partial charge on any atom is 0.270 e. The first-order valence-electron chi connectivity index (χ1n) is 7.35. The molecule has 0 saturated carbocycles. The lowest BCUT2D eigenvalue weighted by atomic mass is 10.2. The summed E-state index contributed by atoms with van der Waals surface area (Å²) in [4.78, 5) is 21.9. The summed E-state index contributed by atoms with van der Waals surface area (Å²) < 4.78 is 5.09. The highest BCUT2D eigenvalue weighted by atomic mass is 32.2. The van der Waals surface area contributed by atoms with Gasteiger partial charge >= 0.3 is 0 Å². The summed E-state index contributed by atoms with van der Waals surface area (Å²) in [6.07, 6.45) is 1.37. The Morgan fingerprint density at radius 3 is 2.76 bits per heavy atom. The van der Waals surface area contributed by atoms with Crippen LogP contribution in [0.5, 0.6) is 5.75 Å². The largest absolute Gasteiger partial charge is 0.497 e. The highest BCUT2D eigenvalue weighted by Gasteiger charge is 2.04. The Bertz CT molecular complexity index is 763. The Morgan fingerprint density at radius 1 is 1.32 bits per heavy atom. The predicted octanol–water partition coefficient (Wildman–Crippen LogP) is 2.99. The molecule has 0 spiro atoms. The summed E-state index contributed by atoms with van der Waals surface area (Å²) in [7, 11) is 1.61. The van der Waals surface area contributed by atoms with Crippen molar-refractivity contribution < 1.29 is 14.5 Å². The van der Waals surface area contributed by atoms with Gasteiger partial charge < -0.3 is 4.74 Å². The van der Waals surface area contributed by atoms with E-state index in [9.17, 15) is 14.9 Å². The molecule has 8 heteroatoms. The van der Waals surface area contributed by atoms with E-state index in [0.29, 0.717) is 11.3 Å². The first-order chi connectivity index (χ1) is 12.1. The highest BCUT2D eigenvalue weighted by molar-refractivity contribution is 7.99. The average Bonchev–Trinajstić information content (AvgIpc) is 2.62. The van der Waals surface area contributed by atoms with E-state index in [4.69, 9.17) is 4.74 Å². The second-order valence-electron chi connectivity index (χ2n) is 4.99. The summed E-state index contributed by atoms with van der Waals surface area (Å²) in [6.45, 7) is 0. The summed E-state index contributed by atoms with van der Waals surface area (Å²) in [5, 5.41) is 14.5. The minimum Gasteiger partial charge on any atom is -0.497 e. The Balaban J connectivity index is 1.74. The lowest BCUT2D eigenvalue weighted by Crippen LogP contribution is -2.19. The molecule has 0 fully saturated rings. The fourth-order valence-electron chi connectivity index (χ4n) is 1.91. The van der Waals surface area contributed by atoms with Crippen LogP contribution in [-0.4, -0.2) is 29.9 Å². The molecule has 0 aliphatic heterocycles. The van der Waals surface area contributed by atoms with Gasteiger partial charge in [-0.05, 0) is 17.7 Å². The molecule has 1 N–H and O–H groups in total. The van der Waals surface area contributed by atoms with Gasteiger partial charge in [0.15, 0.2) is 0 Å². The van der Waals surface area contributed by atoms with Crippen molar-refractivity contribution in [1.82, 2.24) is 5.43 Å². The Kier molecular flexibility index (Phi) is 6.97. The number of nitrogens with one attached hydrogen (secondary N) is 1. The molecule has 130 valence electrons. The second-order valence-corrected chi connectivity index (χ2v) is 5.97. The van der Waals surface area contributed by atoms with Gasteiger partial charge in [0.25, 0.3) is 5.69 Å². The van der Waals surface area contributed by atoms with Gasteiger partial charge in [0, 0.05) is 23.4 Å². The van der Waals surface area contributed by atoms with Crippen LogP contribution in [0.25, 0.3) is 0 Å². The first kappa shape index (κ1) is 18.5. The van der Waals surface area contributed by atoms with E-state index in [1.54, 1.807) is 19.2 Å². The van der Waals surface area contributed by atoms with E-state index in [1.165, 1.54) is 30.1 Å². The van der Waals surface area contributed by atoms with E-state index in [-0.39, 0.29) is 17.3 Å². The van der Waals surface area contributed by atoms with Crippen molar-refractivity contribution in [3.63, 3.8) is 0 Å². The van der Waals surface area contributed by atoms with Gasteiger partial charge in [-0.1, -0.05) is 24.3 Å². The number of rotatable bonds is 8. The summed E-state index contributed by atoms with van der Waals surface area (Å²) in [5.41, 5.74) is 4.02. The maximum atomic E-state index is 11.7. The van der Waals surface area contributed by atoms with E-state index >= 15 is 0 Å². The van der Waals surface area contributed by atoms with Gasteiger partial charge in [0.1, 0.15) is 5.75 Å². The quantitative estimate of drug-likeness (QED) is 0.444. The van der Waals surface area contributed by atoms with Crippen molar-refractivity contribution in [2.75, 3.05) is 12.9 Å². The molecule has 0 saturated heterocycles. The van der Waals surface area contributed by atoms with Gasteiger partial charge in [0.2, 0.25) is 5.91 Å². The lowest BCUT2D eigenvalue weighted by molar-refractivity contribution is -0.384. The van der Waals surface area contributed by atoms with Crippen molar-refractivity contribution in [3.8, 4) is 5.75 Å². The number of hydrogen-bond acceptors (Lipinski definition) is 6. The number of thioether (sulfide) groups is 1. The number of carbonyl (C=O) groups is 1. The molecule has 2 rings (SSSR count). The lowest BCUT2D eigenvalue weighted by Gasteiger charge is -2.03. The van der Waals surface area contributed by atoms with Crippen LogP contribution in [0.2, 0.25) is 0 Å². The summed E-state index contributed by atoms with van der Waals surface area (Å²) in [6, 6.07) is 13.7. The predicted molar refractivity (Wildman–Crippen MR) is 98.0 cm³/mol. The standard InChI is InChI=1S/C17H17N3O4S/c1-24-16-7-5-13(6-8-16)11-25-12-17(21)19-18-10-14-3-2-4-15(9-14)20(22)23/h2-10H,11-12H2,1H3,(H,19,21)/b18-10-. The number of carbonyl (C=O) groups excluding carboxylic acids is 1. The van der Waals surface area contributed by atoms with Crippen LogP contribution in [0.3, 0.4) is 0 Å². The van der Waals surface area contributed by atoms with Gasteiger partial charge in [0.05, 0.1) is 24.0 Å². The Morgan fingerprint density at radius 2 is 2.08 bits per heavy atom. The minimum absolute atomic E-state index is 0.0228. The maximum absolute atomic E-state index is 11.7. The molecule has 25 heavy (non-hydrogen) atoms. The Labute approximate surface area is 149 Å². The normalized spacial score (nSPS) is 10.6. The molecular formula is C17H17N3O4S. The zero-order valence-corrected chi connectivity index (χ0v) is 14.4. The van der Waals surface area contributed by atoms with Crippen molar-refractivity contribution in [2.45, 2.75) is 5.75 Å². The monoisotopic (exact) mass is 359 g/mol. The third-order valence-corrected chi connectivity index (χ3v) is 4.15. The molecule has 0 bridgehead atoms. The summed E-state index contributed by atoms with van der Waals surface area (Å²) in [5.74, 6) is 1.52. The van der Waals surface area contributed by atoms with Gasteiger partial charge in [-0.25, -0.2) is 5.43 Å². The van der Waals surface area contributed by atoms with Gasteiger partial charge in [-0.3, -0.25) is 14.9 Å². The number of ether oxygens (including phenoxy) is 1. The molecule has 0 heterocycles. The number of methoxy groups -OCH3 is 1. The minimum atomic E-state index is -0.480. The SMILES string of the molecule is COc1ccc(CSCC(=O)N/N=C\c2cccc([N+](=O)[O-])c2)cc1. The highest BCUT2D eigenvalue weighted by Crippen LogP contribution is 2.16. The number of amides is 1. The van der Waals surface area contributed by atoms with Crippen LogP contribution in [0.15, 0.2) is 53.6 Å². The van der Waals surface area contributed by atoms with E-state index in [0.717, 1.165) is 11.3 Å². The van der Waals surface area contributed by atoms with E-state index in [2.05, 4.69) is 10.5 Å². The number of hydrazone groups is 1. The van der Waals surface area contributed by atoms with Crippen LogP contribution in [0.4, 0.5) is 5.69 Å². The molecule has 0 atom stereocenters. The van der Waals surface area contributed by atoms with Crippen molar-refractivity contribution in [3.05, 3.63) is 69.8 Å². The zero-order valence-electron chi connectivity index (χ0n) is 13.5. The fourth-order valence-corrected chi connectivity index (χ4v) is 2.69. The number of benzene rings is 2. The third-order valence-electron chi connectivity index (χ3n) is 3.14. The Hall–Kier alpha value is -2.87. The molecule has 7 nitrogen and oxygen atoms in total. The first-order valence-corrected chi connectivity index (χ1v) is 8.51. The van der Waals surface area contributed by atoms with Crippen molar-refractivity contribution >= 4 is 29.6 Å². The van der Waals surface area contributed by atoms with Gasteiger partial charge in [-0.15, -0.1) is 11.8 Å². The molecule has 2 aromatic carbocycles. The van der Waals surface area contributed by atoms with Crippen LogP contribution >= 0.6 is 11.8 Å². The topological polar surface area (TPSA) is 93.8 Å². The van der Waals surface area contributed by atoms with Crippen molar-refractivity contribution in [1.29, 1.82) is 0 Å². The average molecular weight is 359 g/mol. The van der Waals surface area contributed by atoms with Crippen LogP contribution in [0, 0.1) is 10.1 Å².